The Bertz CT molecular complexity index is 1260. The first-order valence-corrected chi connectivity index (χ1v) is 10.3. The highest BCUT2D eigenvalue weighted by Crippen LogP contribution is 2.21. The number of carbonyl (C=O) groups excluding carboxylic acids is 1. The summed E-state index contributed by atoms with van der Waals surface area (Å²) in [7, 11) is -3.64. The van der Waals surface area contributed by atoms with Crippen LogP contribution in [-0.4, -0.2) is 24.3 Å². The molecule has 0 saturated heterocycles. The lowest BCUT2D eigenvalue weighted by atomic mass is 10.2. The predicted molar refractivity (Wildman–Crippen MR) is 106 cm³/mol. The molecule has 0 aliphatic rings. The zero-order valence-corrected chi connectivity index (χ0v) is 16.3. The van der Waals surface area contributed by atoms with Crippen molar-refractivity contribution >= 4 is 26.7 Å². The number of fused-ring (bicyclic) bond motifs is 1. The van der Waals surface area contributed by atoms with Crippen molar-refractivity contribution in [1.82, 2.24) is 15.3 Å². The van der Waals surface area contributed by atoms with E-state index in [1.165, 1.54) is 18.3 Å². The lowest BCUT2D eigenvalue weighted by molar-refractivity contribution is 0.0925. The Morgan fingerprint density at radius 3 is 2.52 bits per heavy atom. The highest BCUT2D eigenvalue weighted by Gasteiger charge is 2.18. The molecule has 4 rings (SSSR count). The maximum Gasteiger partial charge on any atom is 0.287 e. The quantitative estimate of drug-likeness (QED) is 0.545. The van der Waals surface area contributed by atoms with Gasteiger partial charge in [0.15, 0.2) is 11.3 Å². The number of nitrogens with zero attached hydrogens (tertiary/aromatic N) is 2. The minimum atomic E-state index is -3.64. The summed E-state index contributed by atoms with van der Waals surface area (Å²) in [6, 6.07) is 11.4. The van der Waals surface area contributed by atoms with E-state index in [1.54, 1.807) is 55.8 Å². The van der Waals surface area contributed by atoms with Gasteiger partial charge in [0, 0.05) is 30.5 Å². The summed E-state index contributed by atoms with van der Waals surface area (Å²) in [5, 5.41) is 3.56. The average molecular weight is 407 g/mol. The molecule has 0 saturated carbocycles. The fourth-order valence-electron chi connectivity index (χ4n) is 2.86. The Morgan fingerprint density at radius 2 is 1.79 bits per heavy atom. The minimum absolute atomic E-state index is 0.151. The fraction of sp³-hybridized carbons (Fsp3) is 0.0952. The summed E-state index contributed by atoms with van der Waals surface area (Å²) in [4.78, 5) is 20.5. The van der Waals surface area contributed by atoms with Gasteiger partial charge in [0.1, 0.15) is 0 Å². The van der Waals surface area contributed by atoms with Gasteiger partial charge in [-0.3, -0.25) is 14.8 Å². The Kier molecular flexibility index (Phi) is 4.85. The molecule has 29 heavy (non-hydrogen) atoms. The lowest BCUT2D eigenvalue weighted by Crippen LogP contribution is -2.22. The Labute approximate surface area is 167 Å². The van der Waals surface area contributed by atoms with Crippen LogP contribution in [0.2, 0.25) is 0 Å². The molecule has 3 heterocycles. The number of benzene rings is 1. The second-order valence-electron chi connectivity index (χ2n) is 6.55. The molecule has 0 unspecified atom stereocenters. The van der Waals surface area contributed by atoms with Crippen molar-refractivity contribution in [1.29, 1.82) is 0 Å². The molecular formula is C21H17N3O4S. The van der Waals surface area contributed by atoms with Crippen molar-refractivity contribution in [3.05, 3.63) is 84.1 Å². The van der Waals surface area contributed by atoms with Gasteiger partial charge in [0.2, 0.25) is 9.84 Å². The number of hydrogen-bond donors (Lipinski definition) is 1. The van der Waals surface area contributed by atoms with Crippen molar-refractivity contribution in [3.8, 4) is 0 Å². The predicted octanol–water partition coefficient (Wildman–Crippen LogP) is 3.29. The maximum absolute atomic E-state index is 12.7. The van der Waals surface area contributed by atoms with Crippen LogP contribution in [0.5, 0.6) is 0 Å². The largest absolute Gasteiger partial charge is 0.449 e. The van der Waals surface area contributed by atoms with E-state index in [4.69, 9.17) is 4.42 Å². The molecule has 0 fully saturated rings. The number of pyridine rings is 2. The first-order valence-electron chi connectivity index (χ1n) is 8.81. The van der Waals surface area contributed by atoms with E-state index in [9.17, 15) is 13.2 Å². The van der Waals surface area contributed by atoms with Gasteiger partial charge in [-0.25, -0.2) is 8.42 Å². The summed E-state index contributed by atoms with van der Waals surface area (Å²) in [6.45, 7) is 2.02. The van der Waals surface area contributed by atoms with Gasteiger partial charge in [-0.05, 0) is 48.4 Å². The van der Waals surface area contributed by atoms with Gasteiger partial charge >= 0.3 is 0 Å². The number of hydrogen-bond acceptors (Lipinski definition) is 6. The lowest BCUT2D eigenvalue weighted by Gasteiger charge is -2.07. The summed E-state index contributed by atoms with van der Waals surface area (Å²) in [5.74, 6) is -0.164. The van der Waals surface area contributed by atoms with Gasteiger partial charge in [-0.1, -0.05) is 12.1 Å². The first kappa shape index (κ1) is 18.8. The molecule has 0 bridgehead atoms. The normalized spacial score (nSPS) is 11.5. The van der Waals surface area contributed by atoms with Crippen LogP contribution in [0.1, 0.15) is 21.7 Å². The van der Waals surface area contributed by atoms with Crippen LogP contribution in [-0.2, 0) is 16.4 Å². The number of nitrogens with one attached hydrogen (secondary N) is 1. The smallest absolute Gasteiger partial charge is 0.287 e. The second kappa shape index (κ2) is 7.48. The van der Waals surface area contributed by atoms with Crippen molar-refractivity contribution < 1.29 is 17.6 Å². The Hall–Kier alpha value is -3.52. The molecule has 0 radical (unpaired) electrons. The molecule has 0 atom stereocenters. The summed E-state index contributed by atoms with van der Waals surface area (Å²) >= 11 is 0. The molecule has 3 aromatic heterocycles. The molecule has 1 N–H and O–H groups in total. The van der Waals surface area contributed by atoms with E-state index < -0.39 is 9.84 Å². The fourth-order valence-corrected chi connectivity index (χ4v) is 4.17. The molecule has 1 aromatic carbocycles. The van der Waals surface area contributed by atoms with E-state index in [0.717, 1.165) is 16.5 Å². The van der Waals surface area contributed by atoms with Crippen LogP contribution in [0.25, 0.3) is 11.0 Å². The maximum atomic E-state index is 12.7. The van der Waals surface area contributed by atoms with Crippen LogP contribution in [0, 0.1) is 6.92 Å². The summed E-state index contributed by atoms with van der Waals surface area (Å²) in [5.41, 5.74) is 2.07. The van der Waals surface area contributed by atoms with Crippen LogP contribution < -0.4 is 5.32 Å². The molecule has 8 heteroatoms. The first-order chi connectivity index (χ1) is 13.9. The Morgan fingerprint density at radius 1 is 1.00 bits per heavy atom. The van der Waals surface area contributed by atoms with E-state index in [-0.39, 0.29) is 28.0 Å². The Balaban J connectivity index is 1.46. The van der Waals surface area contributed by atoms with Crippen molar-refractivity contribution in [3.63, 3.8) is 0 Å². The molecule has 4 aromatic rings. The van der Waals surface area contributed by atoms with Crippen LogP contribution in [0.3, 0.4) is 0 Å². The van der Waals surface area contributed by atoms with Gasteiger partial charge < -0.3 is 9.73 Å². The number of aromatic nitrogens is 2. The highest BCUT2D eigenvalue weighted by atomic mass is 32.2. The zero-order valence-electron chi connectivity index (χ0n) is 15.5. The third-order valence-corrected chi connectivity index (χ3v) is 6.13. The molecule has 1 amide bonds. The van der Waals surface area contributed by atoms with Crippen LogP contribution in [0.4, 0.5) is 0 Å². The highest BCUT2D eigenvalue weighted by molar-refractivity contribution is 7.91. The van der Waals surface area contributed by atoms with E-state index >= 15 is 0 Å². The van der Waals surface area contributed by atoms with Gasteiger partial charge in [-0.2, -0.15) is 0 Å². The molecule has 0 spiro atoms. The van der Waals surface area contributed by atoms with Gasteiger partial charge in [0.05, 0.1) is 16.0 Å². The van der Waals surface area contributed by atoms with E-state index in [0.29, 0.717) is 5.58 Å². The number of sulfone groups is 1. The number of rotatable bonds is 5. The standard InChI is InChI=1S/C21H17N3O4S/c1-14-8-18(12-23-10-14)29(26,27)17-4-2-15(3-5-17)11-24-21(25)19-9-16-6-7-22-13-20(16)28-19/h2-10,12-13H,11H2,1H3,(H,24,25). The summed E-state index contributed by atoms with van der Waals surface area (Å²) in [6.07, 6.45) is 6.11. The van der Waals surface area contributed by atoms with Crippen LogP contribution in [0.15, 0.2) is 81.5 Å². The third kappa shape index (κ3) is 3.88. The molecule has 7 nitrogen and oxygen atoms in total. The third-order valence-electron chi connectivity index (χ3n) is 4.39. The van der Waals surface area contributed by atoms with Crippen molar-refractivity contribution in [2.24, 2.45) is 0 Å². The molecule has 0 aliphatic carbocycles. The number of furan rings is 1. The zero-order chi connectivity index (χ0) is 20.4. The van der Waals surface area contributed by atoms with E-state index in [1.807, 2.05) is 0 Å². The summed E-state index contributed by atoms with van der Waals surface area (Å²) < 4.78 is 30.9. The average Bonchev–Trinajstić information content (AvgIpc) is 3.17. The number of carbonyl (C=O) groups is 1. The van der Waals surface area contributed by atoms with Crippen LogP contribution >= 0.6 is 0 Å². The molecule has 0 aliphatic heterocycles. The monoisotopic (exact) mass is 407 g/mol. The SMILES string of the molecule is Cc1cncc(S(=O)(=O)c2ccc(CNC(=O)c3cc4ccncc4o3)cc2)c1. The van der Waals surface area contributed by atoms with Gasteiger partial charge in [0.25, 0.3) is 5.91 Å². The second-order valence-corrected chi connectivity index (χ2v) is 8.50. The molecular weight excluding hydrogens is 390 g/mol. The minimum Gasteiger partial charge on any atom is -0.449 e. The van der Waals surface area contributed by atoms with E-state index in [2.05, 4.69) is 15.3 Å². The molecule has 146 valence electrons. The topological polar surface area (TPSA) is 102 Å². The number of aryl methyl sites for hydroxylation is 1. The van der Waals surface area contributed by atoms with Gasteiger partial charge in [-0.15, -0.1) is 0 Å². The van der Waals surface area contributed by atoms with Crippen molar-refractivity contribution in [2.75, 3.05) is 0 Å². The van der Waals surface area contributed by atoms with Crippen molar-refractivity contribution in [2.45, 2.75) is 23.3 Å². The number of amides is 1.